The highest BCUT2D eigenvalue weighted by Gasteiger charge is 2.27. The summed E-state index contributed by atoms with van der Waals surface area (Å²) in [5, 5.41) is 9.35. The van der Waals surface area contributed by atoms with Crippen molar-refractivity contribution in [2.75, 3.05) is 0 Å². The Morgan fingerprint density at radius 2 is 2.00 bits per heavy atom. The van der Waals surface area contributed by atoms with Crippen LogP contribution in [-0.4, -0.2) is 17.3 Å². The van der Waals surface area contributed by atoms with E-state index in [1.807, 2.05) is 0 Å². The molecule has 66 valence electrons. The van der Waals surface area contributed by atoms with Gasteiger partial charge in [0.15, 0.2) is 0 Å². The van der Waals surface area contributed by atoms with Crippen LogP contribution in [-0.2, 0) is 0 Å². The molecule has 0 unspecified atom stereocenters. The van der Waals surface area contributed by atoms with Crippen molar-refractivity contribution in [3.8, 4) is 0 Å². The molecule has 3 atom stereocenters. The molecule has 0 spiro atoms. The summed E-state index contributed by atoms with van der Waals surface area (Å²) in [4.78, 5) is 0. The summed E-state index contributed by atoms with van der Waals surface area (Å²) in [5.74, 6) is 1.45. The van der Waals surface area contributed by atoms with Gasteiger partial charge in [0, 0.05) is 6.04 Å². The van der Waals surface area contributed by atoms with Crippen LogP contribution in [0.3, 0.4) is 0 Å². The van der Waals surface area contributed by atoms with Crippen molar-refractivity contribution >= 4 is 0 Å². The first kappa shape index (κ1) is 9.01. The lowest BCUT2D eigenvalue weighted by Gasteiger charge is -2.32. The topological polar surface area (TPSA) is 46.2 Å². The molecule has 1 aliphatic rings. The molecule has 0 heterocycles. The van der Waals surface area contributed by atoms with Crippen LogP contribution in [0.1, 0.15) is 33.1 Å². The standard InChI is InChI=1S/C9H19NO/c1-6(2)7-3-4-9(11)8(10)5-7/h6-9,11H,3-5,10H2,1-2H3/t7-,8-,9-/m1/s1. The molecule has 2 heteroatoms. The second-order valence-corrected chi connectivity index (χ2v) is 4.05. The second kappa shape index (κ2) is 3.55. The first-order valence-corrected chi connectivity index (χ1v) is 4.55. The molecule has 0 aromatic carbocycles. The van der Waals surface area contributed by atoms with Crippen LogP contribution in [0.2, 0.25) is 0 Å². The van der Waals surface area contributed by atoms with Crippen LogP contribution in [0.25, 0.3) is 0 Å². The van der Waals surface area contributed by atoms with Gasteiger partial charge in [0.25, 0.3) is 0 Å². The summed E-state index contributed by atoms with van der Waals surface area (Å²) >= 11 is 0. The molecule has 0 aromatic heterocycles. The van der Waals surface area contributed by atoms with E-state index < -0.39 is 0 Å². The molecule has 2 nitrogen and oxygen atoms in total. The predicted molar refractivity (Wildman–Crippen MR) is 46.2 cm³/mol. The van der Waals surface area contributed by atoms with Crippen LogP contribution in [0.5, 0.6) is 0 Å². The van der Waals surface area contributed by atoms with E-state index in [2.05, 4.69) is 13.8 Å². The summed E-state index contributed by atoms with van der Waals surface area (Å²) in [5.41, 5.74) is 5.76. The molecule has 0 amide bonds. The van der Waals surface area contributed by atoms with Crippen molar-refractivity contribution in [1.29, 1.82) is 0 Å². The van der Waals surface area contributed by atoms with E-state index in [4.69, 9.17) is 5.73 Å². The van der Waals surface area contributed by atoms with Gasteiger partial charge in [-0.1, -0.05) is 13.8 Å². The van der Waals surface area contributed by atoms with Gasteiger partial charge in [-0.15, -0.1) is 0 Å². The van der Waals surface area contributed by atoms with Gasteiger partial charge in [-0.25, -0.2) is 0 Å². The van der Waals surface area contributed by atoms with Gasteiger partial charge < -0.3 is 10.8 Å². The van der Waals surface area contributed by atoms with Crippen molar-refractivity contribution in [3.05, 3.63) is 0 Å². The number of rotatable bonds is 1. The van der Waals surface area contributed by atoms with Crippen LogP contribution in [0.4, 0.5) is 0 Å². The molecule has 0 saturated heterocycles. The SMILES string of the molecule is CC(C)[C@@H]1CC[C@@H](O)[C@H](N)C1. The number of aliphatic hydroxyl groups excluding tert-OH is 1. The van der Waals surface area contributed by atoms with Crippen LogP contribution in [0.15, 0.2) is 0 Å². The number of hydrogen-bond acceptors (Lipinski definition) is 2. The van der Waals surface area contributed by atoms with Crippen molar-refractivity contribution < 1.29 is 5.11 Å². The van der Waals surface area contributed by atoms with Crippen LogP contribution < -0.4 is 5.73 Å². The minimum atomic E-state index is -0.245. The largest absolute Gasteiger partial charge is 0.392 e. The number of nitrogens with two attached hydrogens (primary N) is 1. The van der Waals surface area contributed by atoms with Gasteiger partial charge in [0.1, 0.15) is 0 Å². The van der Waals surface area contributed by atoms with Crippen molar-refractivity contribution in [2.45, 2.75) is 45.3 Å². The molecule has 1 fully saturated rings. The monoisotopic (exact) mass is 157 g/mol. The summed E-state index contributed by atoms with van der Waals surface area (Å²) in [6, 6.07) is 0.0242. The Labute approximate surface area is 68.8 Å². The summed E-state index contributed by atoms with van der Waals surface area (Å²) in [6.07, 6.45) is 2.79. The molecule has 3 N–H and O–H groups in total. The van der Waals surface area contributed by atoms with Crippen LogP contribution >= 0.6 is 0 Å². The Bertz CT molecular complexity index is 125. The third-order valence-corrected chi connectivity index (χ3v) is 2.85. The third kappa shape index (κ3) is 2.17. The third-order valence-electron chi connectivity index (χ3n) is 2.85. The van der Waals surface area contributed by atoms with E-state index in [-0.39, 0.29) is 12.1 Å². The van der Waals surface area contributed by atoms with Crippen molar-refractivity contribution in [3.63, 3.8) is 0 Å². The van der Waals surface area contributed by atoms with Gasteiger partial charge >= 0.3 is 0 Å². The van der Waals surface area contributed by atoms with Crippen molar-refractivity contribution in [1.82, 2.24) is 0 Å². The predicted octanol–water partition coefficient (Wildman–Crippen LogP) is 1.13. The summed E-state index contributed by atoms with van der Waals surface area (Å²) in [7, 11) is 0. The number of hydrogen-bond donors (Lipinski definition) is 2. The molecule has 0 radical (unpaired) electrons. The van der Waals surface area contributed by atoms with E-state index in [0.717, 1.165) is 25.2 Å². The fourth-order valence-electron chi connectivity index (χ4n) is 1.83. The zero-order valence-electron chi connectivity index (χ0n) is 7.46. The van der Waals surface area contributed by atoms with E-state index in [1.165, 1.54) is 0 Å². The van der Waals surface area contributed by atoms with Gasteiger partial charge in [-0.3, -0.25) is 0 Å². The maximum absolute atomic E-state index is 9.35. The molecule has 1 saturated carbocycles. The maximum atomic E-state index is 9.35. The van der Waals surface area contributed by atoms with Gasteiger partial charge in [-0.2, -0.15) is 0 Å². The molecular formula is C9H19NO. The lowest BCUT2D eigenvalue weighted by molar-refractivity contribution is 0.0752. The Morgan fingerprint density at radius 1 is 1.36 bits per heavy atom. The Morgan fingerprint density at radius 3 is 2.45 bits per heavy atom. The first-order chi connectivity index (χ1) is 5.11. The molecule has 0 aliphatic heterocycles. The summed E-state index contributed by atoms with van der Waals surface area (Å²) in [6.45, 7) is 4.46. The highest BCUT2D eigenvalue weighted by molar-refractivity contribution is 4.83. The Hall–Kier alpha value is -0.0800. The Kier molecular flexibility index (Phi) is 2.90. The fraction of sp³-hybridized carbons (Fsp3) is 1.00. The zero-order chi connectivity index (χ0) is 8.43. The van der Waals surface area contributed by atoms with Gasteiger partial charge in [0.05, 0.1) is 6.10 Å². The molecule has 1 aliphatic carbocycles. The second-order valence-electron chi connectivity index (χ2n) is 4.05. The highest BCUT2D eigenvalue weighted by Crippen LogP contribution is 2.29. The fourth-order valence-corrected chi connectivity index (χ4v) is 1.83. The normalized spacial score (nSPS) is 39.5. The first-order valence-electron chi connectivity index (χ1n) is 4.55. The minimum Gasteiger partial charge on any atom is -0.392 e. The Balaban J connectivity index is 2.40. The highest BCUT2D eigenvalue weighted by atomic mass is 16.3. The average Bonchev–Trinajstić information content (AvgIpc) is 1.94. The van der Waals surface area contributed by atoms with Gasteiger partial charge in [-0.05, 0) is 31.1 Å². The minimum absolute atomic E-state index is 0.0242. The van der Waals surface area contributed by atoms with E-state index >= 15 is 0 Å². The lowest BCUT2D eigenvalue weighted by atomic mass is 9.78. The van der Waals surface area contributed by atoms with Crippen molar-refractivity contribution in [2.24, 2.45) is 17.6 Å². The van der Waals surface area contributed by atoms with E-state index in [0.29, 0.717) is 5.92 Å². The van der Waals surface area contributed by atoms with Crippen LogP contribution in [0, 0.1) is 11.8 Å². The zero-order valence-corrected chi connectivity index (χ0v) is 7.46. The molecule has 11 heavy (non-hydrogen) atoms. The number of aliphatic hydroxyl groups is 1. The summed E-state index contributed by atoms with van der Waals surface area (Å²) < 4.78 is 0. The molecule has 0 bridgehead atoms. The quantitative estimate of drug-likeness (QED) is 0.599. The maximum Gasteiger partial charge on any atom is 0.0691 e. The van der Waals surface area contributed by atoms with E-state index in [9.17, 15) is 5.11 Å². The average molecular weight is 157 g/mol. The van der Waals surface area contributed by atoms with E-state index in [1.54, 1.807) is 0 Å². The smallest absolute Gasteiger partial charge is 0.0691 e. The molecule has 0 aromatic rings. The van der Waals surface area contributed by atoms with Gasteiger partial charge in [0.2, 0.25) is 0 Å². The molecule has 1 rings (SSSR count). The molecular weight excluding hydrogens is 138 g/mol. The lowest BCUT2D eigenvalue weighted by Crippen LogP contribution is -2.41.